The maximum atomic E-state index is 12.0. The van der Waals surface area contributed by atoms with Crippen LogP contribution in [-0.4, -0.2) is 65.7 Å². The van der Waals surface area contributed by atoms with E-state index in [-0.39, 0.29) is 6.03 Å². The molecule has 0 radical (unpaired) electrons. The van der Waals surface area contributed by atoms with E-state index < -0.39 is 0 Å². The maximum Gasteiger partial charge on any atom is 0.321 e. The zero-order chi connectivity index (χ0) is 23.5. The summed E-state index contributed by atoms with van der Waals surface area (Å²) in [5.74, 6) is 1.01. The number of nitrogens with one attached hydrogen (secondary N) is 2. The number of amides is 2. The number of rotatable bonds is 5. The van der Waals surface area contributed by atoms with Gasteiger partial charge in [-0.25, -0.2) is 14.8 Å². The van der Waals surface area contributed by atoms with E-state index in [2.05, 4.69) is 56.7 Å². The lowest BCUT2D eigenvalue weighted by atomic mass is 10.00. The van der Waals surface area contributed by atoms with Crippen molar-refractivity contribution in [2.24, 2.45) is 0 Å². The second-order valence-electron chi connectivity index (χ2n) is 8.31. The minimum Gasteiger partial charge on any atom is -0.354 e. The van der Waals surface area contributed by atoms with Crippen LogP contribution in [0.2, 0.25) is 0 Å². The number of fused-ring (bicyclic) bond motifs is 1. The van der Waals surface area contributed by atoms with Crippen molar-refractivity contribution in [1.29, 1.82) is 0 Å². The average molecular weight is 474 g/mol. The van der Waals surface area contributed by atoms with Crippen molar-refractivity contribution in [2.75, 3.05) is 50.0 Å². The van der Waals surface area contributed by atoms with Crippen molar-refractivity contribution in [1.82, 2.24) is 25.2 Å². The van der Waals surface area contributed by atoms with E-state index in [9.17, 15) is 4.79 Å². The van der Waals surface area contributed by atoms with Crippen molar-refractivity contribution in [3.8, 4) is 22.3 Å². The Bertz CT molecular complexity index is 1280. The van der Waals surface area contributed by atoms with E-state index in [1.165, 1.54) is 11.3 Å². The Morgan fingerprint density at radius 3 is 2.62 bits per heavy atom. The van der Waals surface area contributed by atoms with Crippen molar-refractivity contribution in [2.45, 2.75) is 6.92 Å². The molecule has 0 spiro atoms. The number of thiazole rings is 1. The minimum absolute atomic E-state index is 0.256. The van der Waals surface area contributed by atoms with E-state index >= 15 is 0 Å². The van der Waals surface area contributed by atoms with Gasteiger partial charge >= 0.3 is 6.03 Å². The molecule has 4 aromatic rings. The van der Waals surface area contributed by atoms with Gasteiger partial charge in [0, 0.05) is 68.0 Å². The molecule has 34 heavy (non-hydrogen) atoms. The minimum atomic E-state index is -0.256. The first-order valence-electron chi connectivity index (χ1n) is 11.4. The standard InChI is InChI=1S/C25H27N7OS/c1-3-27-24(33)30-25-29-21-14-19(13-20(23(21)34-25)18-5-4-8-26-15-18)17-6-7-22(28-16-17)32-11-9-31(2)10-12-32/h4-8,13-16H,3,9-12H2,1-2H3,(H2,27,29,30,33). The number of benzene rings is 1. The van der Waals surface area contributed by atoms with Crippen molar-refractivity contribution < 1.29 is 4.79 Å². The molecule has 3 aromatic heterocycles. The highest BCUT2D eigenvalue weighted by Gasteiger charge is 2.17. The van der Waals surface area contributed by atoms with Crippen molar-refractivity contribution in [3.05, 3.63) is 55.0 Å². The average Bonchev–Trinajstić information content (AvgIpc) is 3.27. The third-order valence-corrected chi connectivity index (χ3v) is 6.95. The molecule has 0 aliphatic carbocycles. The van der Waals surface area contributed by atoms with Gasteiger partial charge in [0.05, 0.1) is 10.2 Å². The number of nitrogens with zero attached hydrogens (tertiary/aromatic N) is 5. The molecule has 1 aromatic carbocycles. The molecular formula is C25H27N7OS. The van der Waals surface area contributed by atoms with Gasteiger partial charge in [-0.05, 0) is 49.9 Å². The van der Waals surface area contributed by atoms with Crippen LogP contribution in [0.4, 0.5) is 15.7 Å². The molecule has 1 aliphatic rings. The summed E-state index contributed by atoms with van der Waals surface area (Å²) in [6.45, 7) is 6.50. The molecule has 0 bridgehead atoms. The molecule has 0 atom stereocenters. The Balaban J connectivity index is 1.51. The van der Waals surface area contributed by atoms with Crippen LogP contribution in [0.1, 0.15) is 6.92 Å². The third kappa shape index (κ3) is 4.71. The molecule has 1 aliphatic heterocycles. The summed E-state index contributed by atoms with van der Waals surface area (Å²) in [5.41, 5.74) is 4.92. The van der Waals surface area contributed by atoms with Gasteiger partial charge in [-0.2, -0.15) is 0 Å². The van der Waals surface area contributed by atoms with E-state index in [4.69, 9.17) is 9.97 Å². The van der Waals surface area contributed by atoms with Gasteiger partial charge in [-0.15, -0.1) is 0 Å². The van der Waals surface area contributed by atoms with Crippen molar-refractivity contribution in [3.63, 3.8) is 0 Å². The van der Waals surface area contributed by atoms with Crippen LogP contribution in [0.3, 0.4) is 0 Å². The molecule has 174 valence electrons. The van der Waals surface area contributed by atoms with Gasteiger partial charge in [-0.3, -0.25) is 10.3 Å². The first-order chi connectivity index (χ1) is 16.6. The second-order valence-corrected chi connectivity index (χ2v) is 9.31. The van der Waals surface area contributed by atoms with Crippen LogP contribution in [-0.2, 0) is 0 Å². The van der Waals surface area contributed by atoms with Crippen LogP contribution < -0.4 is 15.5 Å². The summed E-state index contributed by atoms with van der Waals surface area (Å²) in [7, 11) is 2.15. The number of aromatic nitrogens is 3. The fourth-order valence-electron chi connectivity index (χ4n) is 4.07. The van der Waals surface area contributed by atoms with Gasteiger partial charge < -0.3 is 15.1 Å². The molecule has 9 heteroatoms. The zero-order valence-corrected chi connectivity index (χ0v) is 20.1. The van der Waals surface area contributed by atoms with E-state index in [1.807, 2.05) is 31.5 Å². The lowest BCUT2D eigenvalue weighted by Crippen LogP contribution is -2.44. The summed E-state index contributed by atoms with van der Waals surface area (Å²) >= 11 is 1.46. The Morgan fingerprint density at radius 2 is 1.91 bits per heavy atom. The Hall–Kier alpha value is -3.56. The quantitative estimate of drug-likeness (QED) is 0.449. The number of piperazine rings is 1. The van der Waals surface area contributed by atoms with Gasteiger partial charge in [0.1, 0.15) is 5.82 Å². The Labute approximate surface area is 202 Å². The second kappa shape index (κ2) is 9.74. The highest BCUT2D eigenvalue weighted by molar-refractivity contribution is 7.22. The monoisotopic (exact) mass is 473 g/mol. The SMILES string of the molecule is CCNC(=O)Nc1nc2cc(-c3ccc(N4CCN(C)CC4)nc3)cc(-c3cccnc3)c2s1. The molecule has 2 N–H and O–H groups in total. The van der Waals surface area contributed by atoms with Crippen molar-refractivity contribution >= 4 is 38.5 Å². The van der Waals surface area contributed by atoms with Crippen LogP contribution in [0, 0.1) is 0 Å². The molecule has 0 unspecified atom stereocenters. The summed E-state index contributed by atoms with van der Waals surface area (Å²) in [4.78, 5) is 30.5. The number of urea groups is 1. The van der Waals surface area contributed by atoms with Gasteiger partial charge in [0.25, 0.3) is 0 Å². The highest BCUT2D eigenvalue weighted by Crippen LogP contribution is 2.38. The largest absolute Gasteiger partial charge is 0.354 e. The topological polar surface area (TPSA) is 86.3 Å². The van der Waals surface area contributed by atoms with E-state index in [0.717, 1.165) is 64.5 Å². The number of pyridine rings is 2. The molecule has 0 saturated carbocycles. The molecule has 1 fully saturated rings. The van der Waals surface area contributed by atoms with Crippen LogP contribution in [0.25, 0.3) is 32.5 Å². The Morgan fingerprint density at radius 1 is 1.06 bits per heavy atom. The summed E-state index contributed by atoms with van der Waals surface area (Å²) in [5, 5.41) is 6.15. The zero-order valence-electron chi connectivity index (χ0n) is 19.3. The number of likely N-dealkylation sites (N-methyl/N-ethyl adjacent to an activating group) is 1. The number of anilines is 2. The van der Waals surface area contributed by atoms with Crippen LogP contribution >= 0.6 is 11.3 Å². The van der Waals surface area contributed by atoms with Crippen LogP contribution in [0.15, 0.2) is 55.0 Å². The molecule has 4 heterocycles. The first kappa shape index (κ1) is 22.2. The predicted molar refractivity (Wildman–Crippen MR) is 138 cm³/mol. The number of carbonyl (C=O) groups is 1. The normalized spacial score (nSPS) is 14.4. The lowest BCUT2D eigenvalue weighted by Gasteiger charge is -2.33. The molecular weight excluding hydrogens is 446 g/mol. The van der Waals surface area contributed by atoms with E-state index in [1.54, 1.807) is 6.20 Å². The molecule has 5 rings (SSSR count). The fraction of sp³-hybridized carbons (Fsp3) is 0.280. The van der Waals surface area contributed by atoms with Crippen LogP contribution in [0.5, 0.6) is 0 Å². The molecule has 2 amide bonds. The first-order valence-corrected chi connectivity index (χ1v) is 12.2. The highest BCUT2D eigenvalue weighted by atomic mass is 32.1. The fourth-order valence-corrected chi connectivity index (χ4v) is 5.05. The number of carbonyl (C=O) groups excluding carboxylic acids is 1. The smallest absolute Gasteiger partial charge is 0.321 e. The van der Waals surface area contributed by atoms with Gasteiger partial charge in [0.2, 0.25) is 0 Å². The maximum absolute atomic E-state index is 12.0. The summed E-state index contributed by atoms with van der Waals surface area (Å²) in [6.07, 6.45) is 5.55. The number of hydrogen-bond donors (Lipinski definition) is 2. The lowest BCUT2D eigenvalue weighted by molar-refractivity contribution is 0.252. The molecule has 8 nitrogen and oxygen atoms in total. The van der Waals surface area contributed by atoms with Gasteiger partial charge in [0.15, 0.2) is 5.13 Å². The summed E-state index contributed by atoms with van der Waals surface area (Å²) in [6, 6.07) is 12.1. The van der Waals surface area contributed by atoms with Gasteiger partial charge in [-0.1, -0.05) is 17.4 Å². The van der Waals surface area contributed by atoms with E-state index in [0.29, 0.717) is 11.7 Å². The third-order valence-electron chi connectivity index (χ3n) is 5.93. The summed E-state index contributed by atoms with van der Waals surface area (Å²) < 4.78 is 1.01. The predicted octanol–water partition coefficient (Wildman–Crippen LogP) is 4.31. The molecule has 1 saturated heterocycles. The Kier molecular flexibility index (Phi) is 6.37. The number of hydrogen-bond acceptors (Lipinski definition) is 7.